The Hall–Kier alpha value is -2.14. The first-order valence-electron chi connectivity index (χ1n) is 7.04. The van der Waals surface area contributed by atoms with Crippen molar-refractivity contribution in [2.45, 2.75) is 24.0 Å². The Labute approximate surface area is 133 Å². The Morgan fingerprint density at radius 1 is 1.09 bits per heavy atom. The van der Waals surface area contributed by atoms with Crippen LogP contribution in [0.5, 0.6) is 11.5 Å². The molecule has 0 fully saturated rings. The fraction of sp³-hybridized carbons (Fsp3) is 0.235. The van der Waals surface area contributed by atoms with Gasteiger partial charge in [-0.3, -0.25) is 4.79 Å². The van der Waals surface area contributed by atoms with Gasteiger partial charge in [0.15, 0.2) is 11.5 Å². The average molecular weight is 315 g/mol. The summed E-state index contributed by atoms with van der Waals surface area (Å²) in [6.45, 7) is 1.83. The zero-order valence-electron chi connectivity index (χ0n) is 12.4. The molecular weight excluding hydrogens is 298 g/mol. The molecule has 0 spiro atoms. The first-order valence-corrected chi connectivity index (χ1v) is 8.27. The SMILES string of the molecule is CSc1cccc(NC(=O)[C@H]2Oc3ccccc3O[C@H]2C)c1. The molecule has 1 amide bonds. The molecule has 3 rings (SSSR count). The van der Waals surface area contributed by atoms with Crippen LogP contribution < -0.4 is 14.8 Å². The van der Waals surface area contributed by atoms with Gasteiger partial charge in [0.2, 0.25) is 6.10 Å². The minimum Gasteiger partial charge on any atom is -0.482 e. The number of hydrogen-bond donors (Lipinski definition) is 1. The fourth-order valence-corrected chi connectivity index (χ4v) is 2.78. The molecule has 0 unspecified atom stereocenters. The van der Waals surface area contributed by atoms with Gasteiger partial charge in [0.25, 0.3) is 5.91 Å². The number of fused-ring (bicyclic) bond motifs is 1. The highest BCUT2D eigenvalue weighted by atomic mass is 32.2. The van der Waals surface area contributed by atoms with Crippen molar-refractivity contribution in [3.63, 3.8) is 0 Å². The molecule has 5 heteroatoms. The van der Waals surface area contributed by atoms with Gasteiger partial charge in [-0.1, -0.05) is 18.2 Å². The topological polar surface area (TPSA) is 47.6 Å². The summed E-state index contributed by atoms with van der Waals surface area (Å²) >= 11 is 1.63. The van der Waals surface area contributed by atoms with Gasteiger partial charge in [-0.05, 0) is 43.5 Å². The number of hydrogen-bond acceptors (Lipinski definition) is 4. The molecule has 22 heavy (non-hydrogen) atoms. The maximum absolute atomic E-state index is 12.5. The van der Waals surface area contributed by atoms with Crippen LogP contribution in [0, 0.1) is 0 Å². The number of thioether (sulfide) groups is 1. The molecule has 114 valence electrons. The van der Waals surface area contributed by atoms with E-state index in [1.54, 1.807) is 17.8 Å². The Morgan fingerprint density at radius 2 is 1.82 bits per heavy atom. The molecule has 0 saturated heterocycles. The van der Waals surface area contributed by atoms with Crippen LogP contribution in [0.4, 0.5) is 5.69 Å². The number of anilines is 1. The van der Waals surface area contributed by atoms with Gasteiger partial charge in [0, 0.05) is 10.6 Å². The Kier molecular flexibility index (Phi) is 4.24. The van der Waals surface area contributed by atoms with Gasteiger partial charge < -0.3 is 14.8 Å². The van der Waals surface area contributed by atoms with Gasteiger partial charge in [-0.25, -0.2) is 0 Å². The summed E-state index contributed by atoms with van der Waals surface area (Å²) < 4.78 is 11.6. The second-order valence-corrected chi connectivity index (χ2v) is 5.91. The fourth-order valence-electron chi connectivity index (χ4n) is 2.32. The molecule has 0 aromatic heterocycles. The maximum Gasteiger partial charge on any atom is 0.269 e. The predicted octanol–water partition coefficient (Wildman–Crippen LogP) is 3.58. The number of carbonyl (C=O) groups excluding carboxylic acids is 1. The number of nitrogens with one attached hydrogen (secondary N) is 1. The van der Waals surface area contributed by atoms with Crippen molar-refractivity contribution >= 4 is 23.4 Å². The van der Waals surface area contributed by atoms with Crippen LogP contribution in [0.25, 0.3) is 0 Å². The normalized spacial score (nSPS) is 19.5. The molecule has 1 N–H and O–H groups in total. The molecule has 2 aromatic rings. The van der Waals surface area contributed by atoms with Crippen LogP contribution >= 0.6 is 11.8 Å². The average Bonchev–Trinajstić information content (AvgIpc) is 2.54. The molecular formula is C17H17NO3S. The largest absolute Gasteiger partial charge is 0.482 e. The highest BCUT2D eigenvalue weighted by molar-refractivity contribution is 7.98. The minimum atomic E-state index is -0.673. The van der Waals surface area contributed by atoms with E-state index in [1.165, 1.54) is 0 Å². The van der Waals surface area contributed by atoms with Crippen LogP contribution in [-0.4, -0.2) is 24.4 Å². The highest BCUT2D eigenvalue weighted by Gasteiger charge is 2.34. The summed E-state index contributed by atoms with van der Waals surface area (Å²) in [6.07, 6.45) is 0.976. The van der Waals surface area contributed by atoms with Gasteiger partial charge in [0.1, 0.15) is 6.10 Å². The molecule has 1 heterocycles. The lowest BCUT2D eigenvalue weighted by molar-refractivity contribution is -0.128. The predicted molar refractivity (Wildman–Crippen MR) is 87.8 cm³/mol. The third kappa shape index (κ3) is 3.04. The third-order valence-electron chi connectivity index (χ3n) is 3.44. The van der Waals surface area contributed by atoms with E-state index < -0.39 is 6.10 Å². The van der Waals surface area contributed by atoms with Crippen molar-refractivity contribution in [3.8, 4) is 11.5 Å². The Bertz CT molecular complexity index is 689. The third-order valence-corrected chi connectivity index (χ3v) is 4.16. The molecule has 0 radical (unpaired) electrons. The van der Waals surface area contributed by atoms with Crippen LogP contribution in [0.15, 0.2) is 53.4 Å². The second kappa shape index (κ2) is 6.32. The van der Waals surface area contributed by atoms with Crippen molar-refractivity contribution in [1.29, 1.82) is 0 Å². The van der Waals surface area contributed by atoms with Crippen LogP contribution in [0.3, 0.4) is 0 Å². The van der Waals surface area contributed by atoms with Gasteiger partial charge in [-0.15, -0.1) is 11.8 Å². The van der Waals surface area contributed by atoms with Gasteiger partial charge >= 0.3 is 0 Å². The lowest BCUT2D eigenvalue weighted by Crippen LogP contribution is -2.46. The van der Waals surface area contributed by atoms with E-state index in [9.17, 15) is 4.79 Å². The lowest BCUT2D eigenvalue weighted by atomic mass is 10.1. The lowest BCUT2D eigenvalue weighted by Gasteiger charge is -2.31. The molecule has 1 aliphatic rings. The standard InChI is InChI=1S/C17H17NO3S/c1-11-16(21-15-9-4-3-8-14(15)20-11)17(19)18-12-6-5-7-13(10-12)22-2/h3-11,16H,1-2H3,(H,18,19)/t11-,16-/m0/s1. The van der Waals surface area contributed by atoms with E-state index in [0.717, 1.165) is 10.6 Å². The van der Waals surface area contributed by atoms with Crippen molar-refractivity contribution in [2.24, 2.45) is 0 Å². The summed E-state index contributed by atoms with van der Waals surface area (Å²) in [5.41, 5.74) is 0.756. The zero-order chi connectivity index (χ0) is 15.5. The summed E-state index contributed by atoms with van der Waals surface area (Å²) in [5.74, 6) is 1.06. The minimum absolute atomic E-state index is 0.208. The molecule has 0 bridgehead atoms. The first kappa shape index (κ1) is 14.8. The van der Waals surface area contributed by atoms with E-state index in [1.807, 2.05) is 55.6 Å². The monoisotopic (exact) mass is 315 g/mol. The quantitative estimate of drug-likeness (QED) is 0.880. The summed E-state index contributed by atoms with van der Waals surface area (Å²) in [5, 5.41) is 2.89. The molecule has 0 aliphatic carbocycles. The summed E-state index contributed by atoms with van der Waals surface area (Å²) in [7, 11) is 0. The molecule has 2 atom stereocenters. The number of para-hydroxylation sites is 2. The zero-order valence-corrected chi connectivity index (χ0v) is 13.2. The maximum atomic E-state index is 12.5. The van der Waals surface area contributed by atoms with Crippen LogP contribution in [0.2, 0.25) is 0 Å². The van der Waals surface area contributed by atoms with Crippen molar-refractivity contribution in [2.75, 3.05) is 11.6 Å². The number of carbonyl (C=O) groups is 1. The van der Waals surface area contributed by atoms with Gasteiger partial charge in [0.05, 0.1) is 0 Å². The van der Waals surface area contributed by atoms with Crippen LogP contribution in [0.1, 0.15) is 6.92 Å². The number of amides is 1. The second-order valence-electron chi connectivity index (χ2n) is 5.03. The number of ether oxygens (including phenoxy) is 2. The van der Waals surface area contributed by atoms with Crippen molar-refractivity contribution in [3.05, 3.63) is 48.5 Å². The molecule has 2 aromatic carbocycles. The summed E-state index contributed by atoms with van der Waals surface area (Å²) in [6, 6.07) is 15.1. The van der Waals surface area contributed by atoms with E-state index in [2.05, 4.69) is 5.32 Å². The summed E-state index contributed by atoms with van der Waals surface area (Å²) in [4.78, 5) is 13.6. The molecule has 4 nitrogen and oxygen atoms in total. The number of rotatable bonds is 3. The van der Waals surface area contributed by atoms with E-state index in [0.29, 0.717) is 11.5 Å². The van der Waals surface area contributed by atoms with Crippen LogP contribution in [-0.2, 0) is 4.79 Å². The first-order chi connectivity index (χ1) is 10.7. The van der Waals surface area contributed by atoms with Crippen molar-refractivity contribution in [1.82, 2.24) is 0 Å². The smallest absolute Gasteiger partial charge is 0.269 e. The van der Waals surface area contributed by atoms with E-state index in [-0.39, 0.29) is 12.0 Å². The Morgan fingerprint density at radius 3 is 2.55 bits per heavy atom. The van der Waals surface area contributed by atoms with E-state index in [4.69, 9.17) is 9.47 Å². The number of benzene rings is 2. The van der Waals surface area contributed by atoms with Gasteiger partial charge in [-0.2, -0.15) is 0 Å². The molecule has 0 saturated carbocycles. The highest BCUT2D eigenvalue weighted by Crippen LogP contribution is 2.33. The molecule has 1 aliphatic heterocycles. The van der Waals surface area contributed by atoms with Crippen molar-refractivity contribution < 1.29 is 14.3 Å². The Balaban J connectivity index is 1.75. The van der Waals surface area contributed by atoms with E-state index >= 15 is 0 Å².